The Morgan fingerprint density at radius 1 is 1.00 bits per heavy atom. The Labute approximate surface area is 170 Å². The first-order valence-corrected chi connectivity index (χ1v) is 10.3. The molecule has 0 saturated carbocycles. The molecule has 0 spiro atoms. The third-order valence-electron chi connectivity index (χ3n) is 4.61. The number of rotatable bonds is 8. The van der Waals surface area contributed by atoms with E-state index in [0.717, 1.165) is 21.6 Å². The summed E-state index contributed by atoms with van der Waals surface area (Å²) in [5, 5.41) is 0. The van der Waals surface area contributed by atoms with Crippen molar-refractivity contribution in [1.29, 1.82) is 0 Å². The predicted molar refractivity (Wildman–Crippen MR) is 113 cm³/mol. The molecular formula is C23H25NO3S. The zero-order valence-corrected chi connectivity index (χ0v) is 17.3. The lowest BCUT2D eigenvalue weighted by molar-refractivity contribution is -0.136. The van der Waals surface area contributed by atoms with E-state index < -0.39 is 0 Å². The first kappa shape index (κ1) is 20.4. The van der Waals surface area contributed by atoms with Crippen molar-refractivity contribution in [3.8, 4) is 0 Å². The van der Waals surface area contributed by atoms with Crippen LogP contribution in [-0.4, -0.2) is 36.5 Å². The van der Waals surface area contributed by atoms with Crippen molar-refractivity contribution in [3.05, 3.63) is 70.1 Å². The van der Waals surface area contributed by atoms with Crippen molar-refractivity contribution >= 4 is 29.1 Å². The molecule has 3 rings (SSSR count). The normalized spacial score (nSPS) is 14.3. The third kappa shape index (κ3) is 4.37. The van der Waals surface area contributed by atoms with Gasteiger partial charge in [-0.3, -0.25) is 14.5 Å². The van der Waals surface area contributed by atoms with Crippen LogP contribution in [0.2, 0.25) is 0 Å². The molecule has 0 N–H and O–H groups in total. The topological polar surface area (TPSA) is 46.6 Å². The molecule has 0 fully saturated rings. The Bertz CT molecular complexity index is 905. The van der Waals surface area contributed by atoms with Gasteiger partial charge in [0.15, 0.2) is 0 Å². The van der Waals surface area contributed by atoms with Crippen LogP contribution < -0.4 is 0 Å². The van der Waals surface area contributed by atoms with Crippen molar-refractivity contribution < 1.29 is 14.3 Å². The largest absolute Gasteiger partial charge is 0.382 e. The number of hydrogen-bond acceptors (Lipinski definition) is 4. The smallest absolute Gasteiger partial charge is 0.268 e. The summed E-state index contributed by atoms with van der Waals surface area (Å²) in [5.41, 5.74) is 3.46. The van der Waals surface area contributed by atoms with E-state index in [1.54, 1.807) is 0 Å². The van der Waals surface area contributed by atoms with Gasteiger partial charge >= 0.3 is 0 Å². The Morgan fingerprint density at radius 2 is 1.75 bits per heavy atom. The van der Waals surface area contributed by atoms with Gasteiger partial charge in [-0.1, -0.05) is 53.7 Å². The number of aryl methyl sites for hydroxylation is 2. The molecule has 28 heavy (non-hydrogen) atoms. The Hall–Kier alpha value is -2.37. The third-order valence-corrected chi connectivity index (χ3v) is 5.71. The van der Waals surface area contributed by atoms with Crippen LogP contribution in [-0.2, 0) is 14.3 Å². The highest BCUT2D eigenvalue weighted by molar-refractivity contribution is 8.04. The number of benzene rings is 2. The van der Waals surface area contributed by atoms with E-state index in [2.05, 4.69) is 0 Å². The van der Waals surface area contributed by atoms with Gasteiger partial charge in [-0.15, -0.1) is 0 Å². The highest BCUT2D eigenvalue weighted by atomic mass is 32.2. The quantitative estimate of drug-likeness (QED) is 0.484. The first-order valence-electron chi connectivity index (χ1n) is 9.51. The van der Waals surface area contributed by atoms with Gasteiger partial charge < -0.3 is 4.74 Å². The molecule has 1 aliphatic rings. The number of carbonyl (C=O) groups excluding carboxylic acids is 2. The van der Waals surface area contributed by atoms with Crippen LogP contribution in [0.25, 0.3) is 5.57 Å². The summed E-state index contributed by atoms with van der Waals surface area (Å²) in [7, 11) is 0. The average Bonchev–Trinajstić information content (AvgIpc) is 2.90. The van der Waals surface area contributed by atoms with Crippen LogP contribution in [0.15, 0.2) is 58.3 Å². The zero-order valence-electron chi connectivity index (χ0n) is 16.5. The second-order valence-corrected chi connectivity index (χ2v) is 7.83. The predicted octanol–water partition coefficient (Wildman–Crippen LogP) is 4.60. The van der Waals surface area contributed by atoms with Crippen LogP contribution in [0, 0.1) is 13.8 Å². The molecule has 0 radical (unpaired) electrons. The van der Waals surface area contributed by atoms with E-state index in [0.29, 0.717) is 36.7 Å². The van der Waals surface area contributed by atoms with Crippen LogP contribution in [0.3, 0.4) is 0 Å². The van der Waals surface area contributed by atoms with Crippen LogP contribution in [0.5, 0.6) is 0 Å². The number of nitrogens with zero attached hydrogens (tertiary/aromatic N) is 1. The molecule has 0 atom stereocenters. The first-order chi connectivity index (χ1) is 13.5. The Kier molecular flexibility index (Phi) is 6.70. The highest BCUT2D eigenvalue weighted by Gasteiger charge is 2.39. The number of hydrogen-bond donors (Lipinski definition) is 0. The van der Waals surface area contributed by atoms with E-state index in [-0.39, 0.29) is 11.8 Å². The molecular weight excluding hydrogens is 370 g/mol. The molecule has 5 heteroatoms. The zero-order chi connectivity index (χ0) is 20.1. The standard InChI is InChI=1S/C23H25NO3S/c1-4-27-14-8-13-24-22(25)20(19-12-11-16(2)15-17(19)3)21(23(24)26)28-18-9-6-5-7-10-18/h5-7,9-12,15H,4,8,13-14H2,1-3H3. The van der Waals surface area contributed by atoms with Crippen LogP contribution >= 0.6 is 11.8 Å². The van der Waals surface area contributed by atoms with E-state index in [1.165, 1.54) is 16.7 Å². The molecule has 146 valence electrons. The summed E-state index contributed by atoms with van der Waals surface area (Å²) >= 11 is 1.36. The fraction of sp³-hybridized carbons (Fsp3) is 0.304. The van der Waals surface area contributed by atoms with E-state index in [9.17, 15) is 9.59 Å². The van der Waals surface area contributed by atoms with Gasteiger partial charge in [-0.05, 0) is 50.5 Å². The monoisotopic (exact) mass is 395 g/mol. The van der Waals surface area contributed by atoms with Crippen molar-refractivity contribution in [2.75, 3.05) is 19.8 Å². The molecule has 0 aliphatic carbocycles. The lowest BCUT2D eigenvalue weighted by Crippen LogP contribution is -2.33. The van der Waals surface area contributed by atoms with E-state index >= 15 is 0 Å². The molecule has 2 aromatic carbocycles. The van der Waals surface area contributed by atoms with Gasteiger partial charge in [0.2, 0.25) is 0 Å². The van der Waals surface area contributed by atoms with Gasteiger partial charge in [0, 0.05) is 24.7 Å². The molecule has 0 bridgehead atoms. The fourth-order valence-electron chi connectivity index (χ4n) is 3.26. The Balaban J connectivity index is 1.97. The summed E-state index contributed by atoms with van der Waals surface area (Å²) < 4.78 is 5.36. The highest BCUT2D eigenvalue weighted by Crippen LogP contribution is 2.40. The van der Waals surface area contributed by atoms with Crippen molar-refractivity contribution in [3.63, 3.8) is 0 Å². The number of thioether (sulfide) groups is 1. The summed E-state index contributed by atoms with van der Waals surface area (Å²) in [5.74, 6) is -0.433. The van der Waals surface area contributed by atoms with Crippen molar-refractivity contribution in [1.82, 2.24) is 4.90 Å². The van der Waals surface area contributed by atoms with Crippen LogP contribution in [0.1, 0.15) is 30.0 Å². The minimum atomic E-state index is -0.217. The number of carbonyl (C=O) groups is 2. The molecule has 0 aromatic heterocycles. The van der Waals surface area contributed by atoms with Crippen LogP contribution in [0.4, 0.5) is 0 Å². The average molecular weight is 396 g/mol. The van der Waals surface area contributed by atoms with E-state index in [4.69, 9.17) is 4.74 Å². The minimum absolute atomic E-state index is 0.216. The summed E-state index contributed by atoms with van der Waals surface area (Å²) in [6, 6.07) is 15.7. The number of ether oxygens (including phenoxy) is 1. The molecule has 2 aromatic rings. The van der Waals surface area contributed by atoms with E-state index in [1.807, 2.05) is 69.3 Å². The summed E-state index contributed by atoms with van der Waals surface area (Å²) in [6.45, 7) is 7.46. The molecule has 1 aliphatic heterocycles. The second kappa shape index (κ2) is 9.22. The lowest BCUT2D eigenvalue weighted by Gasteiger charge is -2.15. The maximum atomic E-state index is 13.2. The fourth-order valence-corrected chi connectivity index (χ4v) is 4.28. The van der Waals surface area contributed by atoms with Crippen molar-refractivity contribution in [2.24, 2.45) is 0 Å². The number of imide groups is 1. The SMILES string of the molecule is CCOCCCN1C(=O)C(Sc2ccccc2)=C(c2ccc(C)cc2C)C1=O. The van der Waals surface area contributed by atoms with Gasteiger partial charge in [0.1, 0.15) is 0 Å². The van der Waals surface area contributed by atoms with Gasteiger partial charge in [0.05, 0.1) is 10.5 Å². The number of amides is 2. The minimum Gasteiger partial charge on any atom is -0.382 e. The van der Waals surface area contributed by atoms with Crippen molar-refractivity contribution in [2.45, 2.75) is 32.1 Å². The maximum absolute atomic E-state index is 13.2. The Morgan fingerprint density at radius 3 is 2.43 bits per heavy atom. The molecule has 0 saturated heterocycles. The van der Waals surface area contributed by atoms with Gasteiger partial charge in [-0.2, -0.15) is 0 Å². The molecule has 2 amide bonds. The summed E-state index contributed by atoms with van der Waals surface area (Å²) in [4.78, 5) is 29.1. The second-order valence-electron chi connectivity index (χ2n) is 6.75. The van der Waals surface area contributed by atoms with Gasteiger partial charge in [0.25, 0.3) is 11.8 Å². The molecule has 1 heterocycles. The molecule has 0 unspecified atom stereocenters. The van der Waals surface area contributed by atoms with Gasteiger partial charge in [-0.25, -0.2) is 0 Å². The lowest BCUT2D eigenvalue weighted by atomic mass is 9.99. The summed E-state index contributed by atoms with van der Waals surface area (Å²) in [6.07, 6.45) is 0.634. The maximum Gasteiger partial charge on any atom is 0.268 e. The molecule has 4 nitrogen and oxygen atoms in total.